The molecule has 0 atom stereocenters. The first kappa shape index (κ1) is 22.9. The number of rotatable bonds is 7. The van der Waals surface area contributed by atoms with Crippen LogP contribution < -0.4 is 19.2 Å². The lowest BCUT2D eigenvalue weighted by molar-refractivity contribution is 0.0627. The third-order valence-corrected chi connectivity index (χ3v) is 6.23. The molecule has 8 nitrogen and oxygen atoms in total. The first-order valence-electron chi connectivity index (χ1n) is 11.2. The lowest BCUT2D eigenvalue weighted by atomic mass is 10.1. The summed E-state index contributed by atoms with van der Waals surface area (Å²) in [5.74, 6) is 2.01. The fourth-order valence-electron chi connectivity index (χ4n) is 4.36. The molecule has 8 heteroatoms. The van der Waals surface area contributed by atoms with E-state index in [0.717, 1.165) is 49.6 Å². The maximum Gasteiger partial charge on any atom is 0.253 e. The molecule has 0 saturated carbocycles. The van der Waals surface area contributed by atoms with Gasteiger partial charge in [0, 0.05) is 62.5 Å². The first-order chi connectivity index (χ1) is 16.0. The van der Waals surface area contributed by atoms with E-state index in [9.17, 15) is 4.79 Å². The van der Waals surface area contributed by atoms with Gasteiger partial charge in [0.2, 0.25) is 5.75 Å². The zero-order valence-corrected chi connectivity index (χ0v) is 19.8. The van der Waals surface area contributed by atoms with Crippen molar-refractivity contribution in [2.45, 2.75) is 19.9 Å². The Labute approximate surface area is 195 Å². The number of hydrogen-bond acceptors (Lipinski definition) is 7. The lowest BCUT2D eigenvalue weighted by Crippen LogP contribution is -2.48. The average molecular weight is 453 g/mol. The van der Waals surface area contributed by atoms with Gasteiger partial charge in [0.05, 0.1) is 27.0 Å². The number of amides is 1. The summed E-state index contributed by atoms with van der Waals surface area (Å²) < 4.78 is 16.5. The molecule has 2 aromatic rings. The maximum atomic E-state index is 13.0. The van der Waals surface area contributed by atoms with Gasteiger partial charge in [0.15, 0.2) is 11.5 Å². The summed E-state index contributed by atoms with van der Waals surface area (Å²) in [5, 5.41) is 6.51. The Morgan fingerprint density at radius 3 is 2.15 bits per heavy atom. The predicted octanol–water partition coefficient (Wildman–Crippen LogP) is 3.26. The van der Waals surface area contributed by atoms with Crippen molar-refractivity contribution in [2.24, 2.45) is 5.10 Å². The minimum atomic E-state index is 0.0750. The van der Waals surface area contributed by atoms with E-state index in [-0.39, 0.29) is 5.91 Å². The summed E-state index contributed by atoms with van der Waals surface area (Å²) in [6.45, 7) is 6.62. The molecule has 2 aliphatic heterocycles. The Bertz CT molecular complexity index is 1010. The molecule has 0 N–H and O–H groups in total. The van der Waals surface area contributed by atoms with E-state index < -0.39 is 0 Å². The van der Waals surface area contributed by atoms with Crippen LogP contribution >= 0.6 is 0 Å². The second-order valence-electron chi connectivity index (χ2n) is 8.32. The van der Waals surface area contributed by atoms with Crippen molar-refractivity contribution in [1.29, 1.82) is 0 Å². The van der Waals surface area contributed by atoms with Crippen molar-refractivity contribution < 1.29 is 19.0 Å². The molecule has 1 fully saturated rings. The molecule has 1 saturated heterocycles. The maximum absolute atomic E-state index is 13.0. The van der Waals surface area contributed by atoms with Crippen molar-refractivity contribution in [2.75, 3.05) is 59.1 Å². The largest absolute Gasteiger partial charge is 0.493 e. The summed E-state index contributed by atoms with van der Waals surface area (Å²) >= 11 is 0. The minimum absolute atomic E-state index is 0.0750. The van der Waals surface area contributed by atoms with E-state index in [1.807, 2.05) is 53.2 Å². The van der Waals surface area contributed by atoms with Gasteiger partial charge < -0.3 is 19.1 Å². The van der Waals surface area contributed by atoms with Crippen LogP contribution in [0.4, 0.5) is 5.69 Å². The summed E-state index contributed by atoms with van der Waals surface area (Å²) in [5.41, 5.74) is 3.91. The van der Waals surface area contributed by atoms with Crippen LogP contribution in [0.1, 0.15) is 29.3 Å². The number of ether oxygens (including phenoxy) is 3. The highest BCUT2D eigenvalue weighted by atomic mass is 16.5. The minimum Gasteiger partial charge on any atom is -0.493 e. The first-order valence-corrected chi connectivity index (χ1v) is 11.2. The normalized spacial score (nSPS) is 16.5. The predicted molar refractivity (Wildman–Crippen MR) is 129 cm³/mol. The number of benzene rings is 2. The van der Waals surface area contributed by atoms with Gasteiger partial charge in [-0.1, -0.05) is 6.07 Å². The lowest BCUT2D eigenvalue weighted by Gasteiger charge is -2.35. The Kier molecular flexibility index (Phi) is 7.03. The Morgan fingerprint density at radius 2 is 1.58 bits per heavy atom. The molecule has 0 radical (unpaired) electrons. The Hall–Kier alpha value is -3.26. The molecule has 2 aliphatic rings. The molecule has 0 spiro atoms. The molecule has 1 amide bonds. The number of methoxy groups -OCH3 is 3. The van der Waals surface area contributed by atoms with Crippen LogP contribution in [0, 0.1) is 0 Å². The van der Waals surface area contributed by atoms with Gasteiger partial charge in [0.25, 0.3) is 5.91 Å². The average Bonchev–Trinajstić information content (AvgIpc) is 3.30. The molecule has 0 unspecified atom stereocenters. The number of hydrazone groups is 1. The van der Waals surface area contributed by atoms with Crippen LogP contribution in [-0.4, -0.2) is 75.5 Å². The van der Waals surface area contributed by atoms with Gasteiger partial charge in [-0.25, -0.2) is 0 Å². The number of carbonyl (C=O) groups is 1. The zero-order chi connectivity index (χ0) is 23.4. The topological polar surface area (TPSA) is 66.8 Å². The van der Waals surface area contributed by atoms with Crippen molar-refractivity contribution in [1.82, 2.24) is 9.80 Å². The summed E-state index contributed by atoms with van der Waals surface area (Å²) in [6, 6.07) is 11.7. The van der Waals surface area contributed by atoms with Gasteiger partial charge in [-0.15, -0.1) is 0 Å². The van der Waals surface area contributed by atoms with Crippen molar-refractivity contribution >= 4 is 17.3 Å². The highest BCUT2D eigenvalue weighted by molar-refractivity contribution is 5.94. The van der Waals surface area contributed by atoms with E-state index in [1.54, 1.807) is 21.3 Å². The zero-order valence-electron chi connectivity index (χ0n) is 19.8. The third-order valence-electron chi connectivity index (χ3n) is 6.23. The monoisotopic (exact) mass is 452 g/mol. The number of piperazine rings is 1. The smallest absolute Gasteiger partial charge is 0.253 e. The van der Waals surface area contributed by atoms with Crippen molar-refractivity contribution in [3.8, 4) is 17.2 Å². The number of hydrogen-bond donors (Lipinski definition) is 0. The van der Waals surface area contributed by atoms with E-state index in [2.05, 4.69) is 10.0 Å². The third kappa shape index (κ3) is 4.90. The Balaban J connectivity index is 1.36. The second kappa shape index (κ2) is 10.1. The van der Waals surface area contributed by atoms with Crippen LogP contribution in [0.25, 0.3) is 0 Å². The molecule has 176 valence electrons. The van der Waals surface area contributed by atoms with Crippen molar-refractivity contribution in [3.63, 3.8) is 0 Å². The number of nitrogens with zero attached hydrogens (tertiary/aromatic N) is 4. The number of carbonyl (C=O) groups excluding carboxylic acids is 1. The standard InChI is InChI=1S/C25H32N4O4/c1-18-11-12-29(26-18)21-8-5-19(6-9-21)25(30)28-15-13-27(14-16-28)17-20-7-10-22(31-2)24(33-4)23(20)32-3/h5-10H,11-17H2,1-4H3. The SMILES string of the molecule is COc1ccc(CN2CCN(C(=O)c3ccc(N4CCC(C)=N4)cc3)CC2)c(OC)c1OC. The van der Waals surface area contributed by atoms with Gasteiger partial charge in [-0.3, -0.25) is 14.7 Å². The molecule has 2 aromatic carbocycles. The van der Waals surface area contributed by atoms with Crippen LogP contribution in [0.3, 0.4) is 0 Å². The van der Waals surface area contributed by atoms with Crippen LogP contribution in [-0.2, 0) is 6.54 Å². The highest BCUT2D eigenvalue weighted by Crippen LogP contribution is 2.40. The van der Waals surface area contributed by atoms with E-state index in [4.69, 9.17) is 14.2 Å². The van der Waals surface area contributed by atoms with E-state index in [1.165, 1.54) is 0 Å². The molecular formula is C25H32N4O4. The molecule has 0 bridgehead atoms. The fraction of sp³-hybridized carbons (Fsp3) is 0.440. The molecule has 33 heavy (non-hydrogen) atoms. The van der Waals surface area contributed by atoms with Crippen LogP contribution in [0.5, 0.6) is 17.2 Å². The van der Waals surface area contributed by atoms with Crippen molar-refractivity contribution in [3.05, 3.63) is 47.5 Å². The molecule has 2 heterocycles. The highest BCUT2D eigenvalue weighted by Gasteiger charge is 2.24. The van der Waals surface area contributed by atoms with Gasteiger partial charge in [-0.2, -0.15) is 5.10 Å². The molecule has 0 aromatic heterocycles. The second-order valence-corrected chi connectivity index (χ2v) is 8.32. The molecule has 0 aliphatic carbocycles. The van der Waals surface area contributed by atoms with Gasteiger partial charge >= 0.3 is 0 Å². The fourth-order valence-corrected chi connectivity index (χ4v) is 4.36. The molecule has 4 rings (SSSR count). The van der Waals surface area contributed by atoms with Gasteiger partial charge in [0.1, 0.15) is 0 Å². The number of anilines is 1. The van der Waals surface area contributed by atoms with Gasteiger partial charge in [-0.05, 0) is 37.3 Å². The Morgan fingerprint density at radius 1 is 0.879 bits per heavy atom. The van der Waals surface area contributed by atoms with Crippen LogP contribution in [0.15, 0.2) is 41.5 Å². The van der Waals surface area contributed by atoms with E-state index >= 15 is 0 Å². The summed E-state index contributed by atoms with van der Waals surface area (Å²) in [6.07, 6.45) is 0.986. The van der Waals surface area contributed by atoms with E-state index in [0.29, 0.717) is 35.9 Å². The van der Waals surface area contributed by atoms with Crippen LogP contribution in [0.2, 0.25) is 0 Å². The summed E-state index contributed by atoms with van der Waals surface area (Å²) in [4.78, 5) is 17.3. The quantitative estimate of drug-likeness (QED) is 0.643. The molecular weight excluding hydrogens is 420 g/mol. The summed E-state index contributed by atoms with van der Waals surface area (Å²) in [7, 11) is 4.86.